The summed E-state index contributed by atoms with van der Waals surface area (Å²) < 4.78 is 0. The molecule has 1 fully saturated rings. The lowest BCUT2D eigenvalue weighted by molar-refractivity contribution is -0.120. The summed E-state index contributed by atoms with van der Waals surface area (Å²) in [5.41, 5.74) is 8.26. The van der Waals surface area contributed by atoms with Gasteiger partial charge >= 0.3 is 0 Å². The second kappa shape index (κ2) is 4.79. The Morgan fingerprint density at radius 1 is 1.31 bits per heavy atom. The Kier molecular flexibility index (Phi) is 3.39. The number of rotatable bonds is 2. The van der Waals surface area contributed by atoms with Gasteiger partial charge in [0.25, 0.3) is 0 Å². The second-order valence-corrected chi connectivity index (χ2v) is 4.79. The first kappa shape index (κ1) is 11.3. The fourth-order valence-electron chi connectivity index (χ4n) is 2.38. The SMILES string of the molecule is CC(N)c1ccc(C2CCCC(=O)C2)cc1. The maximum Gasteiger partial charge on any atom is 0.133 e. The molecule has 1 aromatic rings. The van der Waals surface area contributed by atoms with Crippen LogP contribution < -0.4 is 5.73 Å². The number of nitrogens with two attached hydrogens (primary N) is 1. The fourth-order valence-corrected chi connectivity index (χ4v) is 2.38. The van der Waals surface area contributed by atoms with Gasteiger partial charge in [-0.3, -0.25) is 4.79 Å². The smallest absolute Gasteiger partial charge is 0.133 e. The third-order valence-corrected chi connectivity index (χ3v) is 3.42. The Bertz CT molecular complexity index is 367. The Morgan fingerprint density at radius 2 is 2.00 bits per heavy atom. The van der Waals surface area contributed by atoms with Gasteiger partial charge in [-0.15, -0.1) is 0 Å². The van der Waals surface area contributed by atoms with Crippen molar-refractivity contribution in [2.45, 2.75) is 44.6 Å². The molecule has 0 radical (unpaired) electrons. The molecule has 1 aliphatic carbocycles. The first-order valence-electron chi connectivity index (χ1n) is 6.04. The molecule has 2 atom stereocenters. The van der Waals surface area contributed by atoms with Crippen molar-refractivity contribution in [2.75, 3.05) is 0 Å². The van der Waals surface area contributed by atoms with Crippen LogP contribution in [0.15, 0.2) is 24.3 Å². The minimum atomic E-state index is 0.0852. The Labute approximate surface area is 96.8 Å². The van der Waals surface area contributed by atoms with Gasteiger partial charge in [0.15, 0.2) is 0 Å². The van der Waals surface area contributed by atoms with Crippen LogP contribution in [0.2, 0.25) is 0 Å². The first-order valence-corrected chi connectivity index (χ1v) is 6.04. The van der Waals surface area contributed by atoms with Crippen LogP contribution in [0.5, 0.6) is 0 Å². The molecule has 2 nitrogen and oxygen atoms in total. The number of carbonyl (C=O) groups is 1. The predicted molar refractivity (Wildman–Crippen MR) is 65.3 cm³/mol. The van der Waals surface area contributed by atoms with Crippen molar-refractivity contribution in [3.63, 3.8) is 0 Å². The van der Waals surface area contributed by atoms with Crippen molar-refractivity contribution in [1.29, 1.82) is 0 Å². The van der Waals surface area contributed by atoms with E-state index in [9.17, 15) is 4.79 Å². The highest BCUT2D eigenvalue weighted by Crippen LogP contribution is 2.31. The van der Waals surface area contributed by atoms with Crippen LogP contribution in [0.1, 0.15) is 55.7 Å². The number of carbonyl (C=O) groups excluding carboxylic acids is 1. The van der Waals surface area contributed by atoms with E-state index in [-0.39, 0.29) is 6.04 Å². The van der Waals surface area contributed by atoms with Crippen LogP contribution in [0, 0.1) is 0 Å². The van der Waals surface area contributed by atoms with Crippen molar-refractivity contribution in [2.24, 2.45) is 5.73 Å². The summed E-state index contributed by atoms with van der Waals surface area (Å²) in [7, 11) is 0. The molecule has 1 aromatic carbocycles. The molecule has 2 heteroatoms. The fraction of sp³-hybridized carbons (Fsp3) is 0.500. The third kappa shape index (κ3) is 2.50. The van der Waals surface area contributed by atoms with E-state index in [1.165, 1.54) is 5.56 Å². The molecule has 0 aliphatic heterocycles. The van der Waals surface area contributed by atoms with Gasteiger partial charge in [0, 0.05) is 18.9 Å². The average molecular weight is 217 g/mol. The van der Waals surface area contributed by atoms with E-state index in [0.29, 0.717) is 11.7 Å². The zero-order valence-electron chi connectivity index (χ0n) is 9.78. The summed E-state index contributed by atoms with van der Waals surface area (Å²) in [6, 6.07) is 8.50. The van der Waals surface area contributed by atoms with Crippen LogP contribution in [-0.4, -0.2) is 5.78 Å². The summed E-state index contributed by atoms with van der Waals surface area (Å²) in [6.45, 7) is 1.99. The molecule has 0 saturated heterocycles. The first-order chi connectivity index (χ1) is 7.66. The van der Waals surface area contributed by atoms with Gasteiger partial charge in [0.2, 0.25) is 0 Å². The second-order valence-electron chi connectivity index (χ2n) is 4.79. The normalized spacial score (nSPS) is 23.1. The molecule has 86 valence electrons. The minimum absolute atomic E-state index is 0.0852. The van der Waals surface area contributed by atoms with Crippen LogP contribution in [0.4, 0.5) is 0 Å². The zero-order valence-corrected chi connectivity index (χ0v) is 9.78. The van der Waals surface area contributed by atoms with Gasteiger partial charge in [-0.05, 0) is 36.8 Å². The number of benzene rings is 1. The number of hydrogen-bond donors (Lipinski definition) is 1. The molecule has 0 spiro atoms. The van der Waals surface area contributed by atoms with Crippen LogP contribution in [0.25, 0.3) is 0 Å². The standard InChI is InChI=1S/C14H19NO/c1-10(15)11-5-7-12(8-6-11)13-3-2-4-14(16)9-13/h5-8,10,13H,2-4,9,15H2,1H3. The lowest BCUT2D eigenvalue weighted by Crippen LogP contribution is -2.13. The number of ketones is 1. The van der Waals surface area contributed by atoms with E-state index in [0.717, 1.165) is 31.2 Å². The summed E-state index contributed by atoms with van der Waals surface area (Å²) in [5, 5.41) is 0. The lowest BCUT2D eigenvalue weighted by Gasteiger charge is -2.21. The van der Waals surface area contributed by atoms with E-state index < -0.39 is 0 Å². The molecular weight excluding hydrogens is 198 g/mol. The molecule has 0 aromatic heterocycles. The average Bonchev–Trinajstić information content (AvgIpc) is 2.29. The van der Waals surface area contributed by atoms with Crippen molar-refractivity contribution in [3.05, 3.63) is 35.4 Å². The Balaban J connectivity index is 2.11. The molecule has 2 unspecified atom stereocenters. The van der Waals surface area contributed by atoms with Crippen LogP contribution in [-0.2, 0) is 4.79 Å². The van der Waals surface area contributed by atoms with E-state index in [4.69, 9.17) is 5.73 Å². The van der Waals surface area contributed by atoms with Crippen molar-refractivity contribution < 1.29 is 4.79 Å². The van der Waals surface area contributed by atoms with Crippen LogP contribution >= 0.6 is 0 Å². The highest BCUT2D eigenvalue weighted by atomic mass is 16.1. The summed E-state index contributed by atoms with van der Waals surface area (Å²) in [4.78, 5) is 11.4. The number of Topliss-reactive ketones (excluding diaryl/α,β-unsaturated/α-hetero) is 1. The monoisotopic (exact) mass is 217 g/mol. The van der Waals surface area contributed by atoms with E-state index >= 15 is 0 Å². The molecule has 0 bridgehead atoms. The van der Waals surface area contributed by atoms with Crippen LogP contribution in [0.3, 0.4) is 0 Å². The van der Waals surface area contributed by atoms with Gasteiger partial charge in [-0.2, -0.15) is 0 Å². The maximum absolute atomic E-state index is 11.4. The van der Waals surface area contributed by atoms with Crippen molar-refractivity contribution in [3.8, 4) is 0 Å². The summed E-state index contributed by atoms with van der Waals surface area (Å²) in [6.07, 6.45) is 3.67. The van der Waals surface area contributed by atoms with Crippen molar-refractivity contribution in [1.82, 2.24) is 0 Å². The van der Waals surface area contributed by atoms with E-state index in [1.807, 2.05) is 6.92 Å². The highest BCUT2D eigenvalue weighted by Gasteiger charge is 2.20. The molecular formula is C14H19NO. The molecule has 2 rings (SSSR count). The summed E-state index contributed by atoms with van der Waals surface area (Å²) in [5.74, 6) is 0.843. The molecule has 0 amide bonds. The third-order valence-electron chi connectivity index (χ3n) is 3.42. The topological polar surface area (TPSA) is 43.1 Å². The summed E-state index contributed by atoms with van der Waals surface area (Å²) >= 11 is 0. The van der Waals surface area contributed by atoms with Gasteiger partial charge in [-0.1, -0.05) is 24.3 Å². The minimum Gasteiger partial charge on any atom is -0.324 e. The van der Waals surface area contributed by atoms with Gasteiger partial charge in [0.05, 0.1) is 0 Å². The molecule has 0 heterocycles. The Hall–Kier alpha value is -1.15. The molecule has 16 heavy (non-hydrogen) atoms. The molecule has 1 aliphatic rings. The number of hydrogen-bond acceptors (Lipinski definition) is 2. The predicted octanol–water partition coefficient (Wildman–Crippen LogP) is 2.93. The van der Waals surface area contributed by atoms with E-state index in [2.05, 4.69) is 24.3 Å². The van der Waals surface area contributed by atoms with Gasteiger partial charge in [-0.25, -0.2) is 0 Å². The lowest BCUT2D eigenvalue weighted by atomic mass is 9.83. The van der Waals surface area contributed by atoms with E-state index in [1.54, 1.807) is 0 Å². The quantitative estimate of drug-likeness (QED) is 0.827. The highest BCUT2D eigenvalue weighted by molar-refractivity contribution is 5.80. The van der Waals surface area contributed by atoms with Crippen molar-refractivity contribution >= 4 is 5.78 Å². The largest absolute Gasteiger partial charge is 0.324 e. The zero-order chi connectivity index (χ0) is 11.5. The molecule has 1 saturated carbocycles. The van der Waals surface area contributed by atoms with Gasteiger partial charge < -0.3 is 5.73 Å². The maximum atomic E-state index is 11.4. The Morgan fingerprint density at radius 3 is 2.56 bits per heavy atom. The molecule has 2 N–H and O–H groups in total. The van der Waals surface area contributed by atoms with Gasteiger partial charge in [0.1, 0.15) is 5.78 Å².